The number of nitrogens with one attached hydrogen (secondary N) is 2. The van der Waals surface area contributed by atoms with Crippen LogP contribution in [-0.2, 0) is 13.6 Å². The predicted molar refractivity (Wildman–Crippen MR) is 97.7 cm³/mol. The van der Waals surface area contributed by atoms with E-state index >= 15 is 0 Å². The molecule has 0 bridgehead atoms. The minimum atomic E-state index is -0.199. The summed E-state index contributed by atoms with van der Waals surface area (Å²) in [5.74, 6) is 1.14. The first-order valence-electron chi connectivity index (χ1n) is 8.83. The summed E-state index contributed by atoms with van der Waals surface area (Å²) in [5, 5.41) is 14.3. The molecule has 3 aromatic rings. The molecule has 0 radical (unpaired) electrons. The van der Waals surface area contributed by atoms with Crippen molar-refractivity contribution in [2.24, 2.45) is 7.05 Å². The molecule has 0 aromatic carbocycles. The molecule has 3 aromatic heterocycles. The summed E-state index contributed by atoms with van der Waals surface area (Å²) < 4.78 is 3.83. The first-order valence-corrected chi connectivity index (χ1v) is 8.83. The lowest BCUT2D eigenvalue weighted by Gasteiger charge is -2.16. The quantitative estimate of drug-likeness (QED) is 0.680. The van der Waals surface area contributed by atoms with Crippen molar-refractivity contribution < 1.29 is 4.79 Å². The Morgan fingerprint density at radius 3 is 2.81 bits per heavy atom. The maximum atomic E-state index is 12.6. The Labute approximate surface area is 152 Å². The monoisotopic (exact) mass is 355 g/mol. The largest absolute Gasteiger partial charge is 0.342 e. The highest BCUT2D eigenvalue weighted by molar-refractivity contribution is 5.92. The van der Waals surface area contributed by atoms with Crippen molar-refractivity contribution in [1.29, 1.82) is 0 Å². The highest BCUT2D eigenvalue weighted by Gasteiger charge is 2.19. The van der Waals surface area contributed by atoms with Gasteiger partial charge in [0.1, 0.15) is 11.5 Å². The highest BCUT2D eigenvalue weighted by atomic mass is 16.2. The number of rotatable bonds is 7. The zero-order valence-electron chi connectivity index (χ0n) is 15.6. The molecular weight excluding hydrogens is 330 g/mol. The van der Waals surface area contributed by atoms with Crippen LogP contribution in [0.1, 0.15) is 66.9 Å². The molecule has 0 fully saturated rings. The van der Waals surface area contributed by atoms with Gasteiger partial charge in [-0.1, -0.05) is 20.8 Å². The third kappa shape index (κ3) is 3.68. The van der Waals surface area contributed by atoms with Crippen molar-refractivity contribution >= 4 is 5.91 Å². The summed E-state index contributed by atoms with van der Waals surface area (Å²) in [6.07, 6.45) is 6.23. The minimum absolute atomic E-state index is 0.101. The van der Waals surface area contributed by atoms with Crippen molar-refractivity contribution in [2.75, 3.05) is 0 Å². The third-order valence-corrected chi connectivity index (χ3v) is 4.40. The molecule has 2 N–H and O–H groups in total. The van der Waals surface area contributed by atoms with Crippen LogP contribution >= 0.6 is 0 Å². The van der Waals surface area contributed by atoms with E-state index in [1.54, 1.807) is 23.1 Å². The molecule has 0 spiro atoms. The van der Waals surface area contributed by atoms with Crippen molar-refractivity contribution in [1.82, 2.24) is 34.8 Å². The van der Waals surface area contributed by atoms with E-state index in [2.05, 4.69) is 44.0 Å². The van der Waals surface area contributed by atoms with Crippen LogP contribution in [0.3, 0.4) is 0 Å². The van der Waals surface area contributed by atoms with E-state index < -0.39 is 0 Å². The molecule has 8 nitrogen and oxygen atoms in total. The standard InChI is InChI=1S/C18H25N7O/c1-5-14(16-6-7-20-24(16)4)21-18(26)15-10-13(22-23-15)11-25-9-8-19-17(25)12(2)3/h6-10,12,14H,5,11H2,1-4H3,(H,21,26)(H,22,23)/t14-/m1/s1. The number of H-pyrrole nitrogens is 1. The molecule has 26 heavy (non-hydrogen) atoms. The van der Waals surface area contributed by atoms with Gasteiger partial charge in [-0.05, 0) is 18.6 Å². The summed E-state index contributed by atoms with van der Waals surface area (Å²) in [5.41, 5.74) is 2.21. The molecule has 8 heteroatoms. The summed E-state index contributed by atoms with van der Waals surface area (Å²) in [6, 6.07) is 3.60. The highest BCUT2D eigenvalue weighted by Crippen LogP contribution is 2.17. The Morgan fingerprint density at radius 2 is 2.15 bits per heavy atom. The van der Waals surface area contributed by atoms with Gasteiger partial charge in [0.15, 0.2) is 0 Å². The maximum absolute atomic E-state index is 12.6. The van der Waals surface area contributed by atoms with Gasteiger partial charge < -0.3 is 9.88 Å². The van der Waals surface area contributed by atoms with Gasteiger partial charge >= 0.3 is 0 Å². The molecule has 0 saturated heterocycles. The second-order valence-electron chi connectivity index (χ2n) is 6.66. The summed E-state index contributed by atoms with van der Waals surface area (Å²) >= 11 is 0. The van der Waals surface area contributed by atoms with Crippen LogP contribution < -0.4 is 5.32 Å². The molecule has 0 aliphatic heterocycles. The molecule has 1 amide bonds. The normalized spacial score (nSPS) is 12.5. The van der Waals surface area contributed by atoms with Crippen molar-refractivity contribution in [2.45, 2.75) is 45.7 Å². The Morgan fingerprint density at radius 1 is 1.35 bits per heavy atom. The lowest BCUT2D eigenvalue weighted by atomic mass is 10.1. The van der Waals surface area contributed by atoms with Gasteiger partial charge in [0, 0.05) is 31.6 Å². The van der Waals surface area contributed by atoms with Gasteiger partial charge in [-0.3, -0.25) is 14.6 Å². The summed E-state index contributed by atoms with van der Waals surface area (Å²) in [4.78, 5) is 17.0. The molecule has 3 heterocycles. The van der Waals surface area contributed by atoms with Crippen LogP contribution in [0, 0.1) is 0 Å². The average molecular weight is 355 g/mol. The van der Waals surface area contributed by atoms with Gasteiger partial charge in [0.2, 0.25) is 0 Å². The fraction of sp³-hybridized carbons (Fsp3) is 0.444. The number of imidazole rings is 1. The van der Waals surface area contributed by atoms with E-state index in [1.165, 1.54) is 0 Å². The van der Waals surface area contributed by atoms with Crippen molar-refractivity contribution in [3.63, 3.8) is 0 Å². The van der Waals surface area contributed by atoms with E-state index in [-0.39, 0.29) is 11.9 Å². The Kier molecular flexibility index (Phi) is 5.20. The molecule has 138 valence electrons. The van der Waals surface area contributed by atoms with Gasteiger partial charge in [0.05, 0.1) is 24.0 Å². The molecular formula is C18H25N7O. The number of carbonyl (C=O) groups is 1. The second-order valence-corrected chi connectivity index (χ2v) is 6.66. The number of hydrogen-bond acceptors (Lipinski definition) is 4. The smallest absolute Gasteiger partial charge is 0.272 e. The number of amides is 1. The zero-order valence-corrected chi connectivity index (χ0v) is 15.6. The number of aromatic amines is 1. The predicted octanol–water partition coefficient (Wildman–Crippen LogP) is 2.39. The van der Waals surface area contributed by atoms with E-state index in [0.717, 1.165) is 23.6 Å². The Bertz CT molecular complexity index is 874. The van der Waals surface area contributed by atoms with E-state index in [4.69, 9.17) is 0 Å². The second kappa shape index (κ2) is 7.55. The lowest BCUT2D eigenvalue weighted by molar-refractivity contribution is 0.0929. The number of aryl methyl sites for hydroxylation is 1. The van der Waals surface area contributed by atoms with E-state index in [0.29, 0.717) is 18.2 Å². The Hall–Kier alpha value is -2.90. The zero-order chi connectivity index (χ0) is 18.7. The number of hydrogen-bond donors (Lipinski definition) is 2. The van der Waals surface area contributed by atoms with Crippen LogP contribution in [0.2, 0.25) is 0 Å². The average Bonchev–Trinajstić information content (AvgIpc) is 3.34. The first kappa shape index (κ1) is 17.9. The van der Waals surface area contributed by atoms with Crippen LogP contribution in [0.4, 0.5) is 0 Å². The maximum Gasteiger partial charge on any atom is 0.272 e. The van der Waals surface area contributed by atoms with Gasteiger partial charge in [-0.25, -0.2) is 4.98 Å². The van der Waals surface area contributed by atoms with Crippen LogP contribution in [0.15, 0.2) is 30.7 Å². The third-order valence-electron chi connectivity index (χ3n) is 4.40. The van der Waals surface area contributed by atoms with Crippen LogP contribution in [0.25, 0.3) is 0 Å². The molecule has 0 saturated carbocycles. The number of aromatic nitrogens is 6. The SMILES string of the molecule is CC[C@@H](NC(=O)c1cc(Cn2ccnc2C(C)C)[nH]n1)c1ccnn1C. The fourth-order valence-electron chi connectivity index (χ4n) is 3.04. The fourth-order valence-corrected chi connectivity index (χ4v) is 3.04. The van der Waals surface area contributed by atoms with Crippen LogP contribution in [-0.4, -0.2) is 35.4 Å². The number of nitrogens with zero attached hydrogens (tertiary/aromatic N) is 5. The van der Waals surface area contributed by atoms with Crippen molar-refractivity contribution in [3.8, 4) is 0 Å². The van der Waals surface area contributed by atoms with Crippen molar-refractivity contribution in [3.05, 3.63) is 53.6 Å². The molecule has 1 atom stereocenters. The molecule has 0 unspecified atom stereocenters. The minimum Gasteiger partial charge on any atom is -0.342 e. The lowest BCUT2D eigenvalue weighted by Crippen LogP contribution is -2.29. The van der Waals surface area contributed by atoms with Gasteiger partial charge in [0.25, 0.3) is 5.91 Å². The van der Waals surface area contributed by atoms with Gasteiger partial charge in [-0.2, -0.15) is 10.2 Å². The molecule has 0 aliphatic carbocycles. The first-order chi connectivity index (χ1) is 12.5. The molecule has 3 rings (SSSR count). The molecule has 0 aliphatic rings. The number of carbonyl (C=O) groups excluding carboxylic acids is 1. The summed E-state index contributed by atoms with van der Waals surface area (Å²) in [6.45, 7) is 6.84. The topological polar surface area (TPSA) is 93.4 Å². The van der Waals surface area contributed by atoms with E-state index in [1.807, 2.05) is 26.2 Å². The Balaban J connectivity index is 1.70. The van der Waals surface area contributed by atoms with E-state index in [9.17, 15) is 4.79 Å². The summed E-state index contributed by atoms with van der Waals surface area (Å²) in [7, 11) is 1.87. The van der Waals surface area contributed by atoms with Crippen LogP contribution in [0.5, 0.6) is 0 Å². The van der Waals surface area contributed by atoms with Gasteiger partial charge in [-0.15, -0.1) is 0 Å².